The molecule has 0 N–H and O–H groups in total. The van der Waals surface area contributed by atoms with Crippen LogP contribution in [0.15, 0.2) is 67.1 Å². The monoisotopic (exact) mass is 292 g/mol. The normalized spacial score (nSPS) is 10.6. The highest BCUT2D eigenvalue weighted by atomic mass is 16.5. The maximum Gasteiger partial charge on any atom is 0.119 e. The van der Waals surface area contributed by atoms with E-state index < -0.39 is 0 Å². The van der Waals surface area contributed by atoms with Crippen LogP contribution in [0.5, 0.6) is 5.75 Å². The van der Waals surface area contributed by atoms with E-state index in [1.807, 2.05) is 30.7 Å². The number of nitrogens with zero attached hydrogens (tertiary/aromatic N) is 2. The number of hydrogen-bond donors (Lipinski definition) is 0. The lowest BCUT2D eigenvalue weighted by molar-refractivity contribution is 0.322. The van der Waals surface area contributed by atoms with Crippen LogP contribution in [0, 0.1) is 0 Å². The molecule has 1 heterocycles. The third-order valence-electron chi connectivity index (χ3n) is 3.71. The van der Waals surface area contributed by atoms with Crippen LogP contribution in [0.25, 0.3) is 11.3 Å². The topological polar surface area (TPSA) is 27.1 Å². The van der Waals surface area contributed by atoms with Crippen LogP contribution in [0.1, 0.15) is 12.5 Å². The third-order valence-corrected chi connectivity index (χ3v) is 3.71. The van der Waals surface area contributed by atoms with E-state index in [9.17, 15) is 0 Å². The fourth-order valence-electron chi connectivity index (χ4n) is 2.47. The highest BCUT2D eigenvalue weighted by Crippen LogP contribution is 2.22. The summed E-state index contributed by atoms with van der Waals surface area (Å²) in [7, 11) is 0. The smallest absolute Gasteiger partial charge is 0.119 e. The Bertz CT molecular complexity index is 702. The molecule has 0 fully saturated rings. The number of aromatic nitrogens is 2. The van der Waals surface area contributed by atoms with Gasteiger partial charge in [-0.1, -0.05) is 30.3 Å². The van der Waals surface area contributed by atoms with Gasteiger partial charge in [-0.15, -0.1) is 0 Å². The SMILES string of the molecule is CCn1cncc1-c1ccc(OCCc2ccccc2)cc1. The van der Waals surface area contributed by atoms with Gasteiger partial charge in [0.05, 0.1) is 24.8 Å². The lowest BCUT2D eigenvalue weighted by Crippen LogP contribution is -2.01. The van der Waals surface area contributed by atoms with Gasteiger partial charge in [0.2, 0.25) is 0 Å². The summed E-state index contributed by atoms with van der Waals surface area (Å²) in [4.78, 5) is 4.21. The standard InChI is InChI=1S/C19H20N2O/c1-2-21-15-20-14-19(21)17-8-10-18(11-9-17)22-13-12-16-6-4-3-5-7-16/h3-11,14-15H,2,12-13H2,1H3. The van der Waals surface area contributed by atoms with E-state index in [4.69, 9.17) is 4.74 Å². The van der Waals surface area contributed by atoms with Gasteiger partial charge in [-0.2, -0.15) is 0 Å². The van der Waals surface area contributed by atoms with Gasteiger partial charge in [0.15, 0.2) is 0 Å². The molecule has 0 amide bonds. The molecule has 0 aliphatic carbocycles. The van der Waals surface area contributed by atoms with Crippen LogP contribution in [0.4, 0.5) is 0 Å². The van der Waals surface area contributed by atoms with E-state index in [1.54, 1.807) is 0 Å². The zero-order valence-corrected chi connectivity index (χ0v) is 12.8. The molecule has 112 valence electrons. The second-order valence-electron chi connectivity index (χ2n) is 5.17. The van der Waals surface area contributed by atoms with Gasteiger partial charge >= 0.3 is 0 Å². The maximum atomic E-state index is 5.82. The van der Waals surface area contributed by atoms with Gasteiger partial charge in [0.25, 0.3) is 0 Å². The number of rotatable bonds is 6. The molecule has 3 rings (SSSR count). The minimum atomic E-state index is 0.691. The quantitative estimate of drug-likeness (QED) is 0.681. The van der Waals surface area contributed by atoms with Crippen molar-refractivity contribution in [3.05, 3.63) is 72.7 Å². The molecule has 22 heavy (non-hydrogen) atoms. The first-order valence-electron chi connectivity index (χ1n) is 7.64. The first-order chi connectivity index (χ1) is 10.9. The van der Waals surface area contributed by atoms with Crippen molar-refractivity contribution >= 4 is 0 Å². The minimum Gasteiger partial charge on any atom is -0.493 e. The van der Waals surface area contributed by atoms with Crippen LogP contribution in [0.2, 0.25) is 0 Å². The highest BCUT2D eigenvalue weighted by molar-refractivity contribution is 5.59. The van der Waals surface area contributed by atoms with Crippen molar-refractivity contribution in [1.82, 2.24) is 9.55 Å². The van der Waals surface area contributed by atoms with Gasteiger partial charge in [-0.05, 0) is 36.8 Å². The van der Waals surface area contributed by atoms with E-state index >= 15 is 0 Å². The minimum absolute atomic E-state index is 0.691. The molecule has 3 nitrogen and oxygen atoms in total. The Morgan fingerprint density at radius 2 is 1.77 bits per heavy atom. The summed E-state index contributed by atoms with van der Waals surface area (Å²) in [6.07, 6.45) is 4.68. The lowest BCUT2D eigenvalue weighted by atomic mass is 10.1. The van der Waals surface area contributed by atoms with E-state index in [0.717, 1.165) is 30.0 Å². The van der Waals surface area contributed by atoms with Crippen LogP contribution in [-0.2, 0) is 13.0 Å². The Morgan fingerprint density at radius 1 is 1.00 bits per heavy atom. The van der Waals surface area contributed by atoms with Gasteiger partial charge in [0.1, 0.15) is 5.75 Å². The number of imidazole rings is 1. The Labute approximate surface area is 131 Å². The molecule has 0 aliphatic rings. The predicted octanol–water partition coefficient (Wildman–Crippen LogP) is 4.19. The number of hydrogen-bond acceptors (Lipinski definition) is 2. The van der Waals surface area contributed by atoms with Crippen molar-refractivity contribution in [1.29, 1.82) is 0 Å². The number of aryl methyl sites for hydroxylation is 1. The lowest BCUT2D eigenvalue weighted by Gasteiger charge is -2.08. The van der Waals surface area contributed by atoms with Crippen LogP contribution >= 0.6 is 0 Å². The van der Waals surface area contributed by atoms with Crippen molar-refractivity contribution in [3.8, 4) is 17.0 Å². The summed E-state index contributed by atoms with van der Waals surface area (Å²) in [5.41, 5.74) is 3.60. The number of benzene rings is 2. The molecule has 3 aromatic rings. The average molecular weight is 292 g/mol. The molecular weight excluding hydrogens is 272 g/mol. The molecule has 0 spiro atoms. The number of ether oxygens (including phenoxy) is 1. The second-order valence-corrected chi connectivity index (χ2v) is 5.17. The first-order valence-corrected chi connectivity index (χ1v) is 7.64. The largest absolute Gasteiger partial charge is 0.493 e. The Morgan fingerprint density at radius 3 is 2.50 bits per heavy atom. The molecule has 0 bridgehead atoms. The highest BCUT2D eigenvalue weighted by Gasteiger charge is 2.04. The zero-order chi connectivity index (χ0) is 15.2. The first kappa shape index (κ1) is 14.4. The fraction of sp³-hybridized carbons (Fsp3) is 0.211. The summed E-state index contributed by atoms with van der Waals surface area (Å²) >= 11 is 0. The molecule has 1 aromatic heterocycles. The zero-order valence-electron chi connectivity index (χ0n) is 12.8. The van der Waals surface area contributed by atoms with Gasteiger partial charge in [-0.25, -0.2) is 4.98 Å². The third kappa shape index (κ3) is 3.37. The maximum absolute atomic E-state index is 5.82. The van der Waals surface area contributed by atoms with Crippen molar-refractivity contribution in [2.45, 2.75) is 19.9 Å². The molecule has 0 saturated heterocycles. The molecule has 2 aromatic carbocycles. The molecule has 0 radical (unpaired) electrons. The van der Waals surface area contributed by atoms with Crippen molar-refractivity contribution in [2.75, 3.05) is 6.61 Å². The van der Waals surface area contributed by atoms with Crippen molar-refractivity contribution in [3.63, 3.8) is 0 Å². The van der Waals surface area contributed by atoms with E-state index in [2.05, 4.69) is 52.9 Å². The molecular formula is C19H20N2O. The van der Waals surface area contributed by atoms with Crippen molar-refractivity contribution < 1.29 is 4.74 Å². The van der Waals surface area contributed by atoms with Gasteiger partial charge < -0.3 is 9.30 Å². The van der Waals surface area contributed by atoms with Gasteiger partial charge in [-0.3, -0.25) is 0 Å². The molecule has 0 aliphatic heterocycles. The fourth-order valence-corrected chi connectivity index (χ4v) is 2.47. The van der Waals surface area contributed by atoms with Crippen LogP contribution < -0.4 is 4.74 Å². The second kappa shape index (κ2) is 6.94. The predicted molar refractivity (Wildman–Crippen MR) is 89.0 cm³/mol. The summed E-state index contributed by atoms with van der Waals surface area (Å²) in [6, 6.07) is 18.6. The van der Waals surface area contributed by atoms with Crippen LogP contribution in [-0.4, -0.2) is 16.2 Å². The van der Waals surface area contributed by atoms with E-state index in [1.165, 1.54) is 5.56 Å². The summed E-state index contributed by atoms with van der Waals surface area (Å²) < 4.78 is 7.95. The van der Waals surface area contributed by atoms with Crippen LogP contribution in [0.3, 0.4) is 0 Å². The van der Waals surface area contributed by atoms with E-state index in [0.29, 0.717) is 6.61 Å². The Balaban J connectivity index is 1.60. The summed E-state index contributed by atoms with van der Waals surface area (Å²) in [5, 5.41) is 0. The average Bonchev–Trinajstić information content (AvgIpc) is 3.05. The van der Waals surface area contributed by atoms with Gasteiger partial charge in [0, 0.05) is 18.5 Å². The van der Waals surface area contributed by atoms with Crippen molar-refractivity contribution in [2.24, 2.45) is 0 Å². The molecule has 3 heteroatoms. The molecule has 0 unspecified atom stereocenters. The summed E-state index contributed by atoms with van der Waals surface area (Å²) in [6.45, 7) is 3.73. The molecule has 0 atom stereocenters. The molecule has 0 saturated carbocycles. The van der Waals surface area contributed by atoms with E-state index in [-0.39, 0.29) is 0 Å². The summed E-state index contributed by atoms with van der Waals surface area (Å²) in [5.74, 6) is 0.905. The Kier molecular flexibility index (Phi) is 4.54. The Hall–Kier alpha value is -2.55.